The van der Waals surface area contributed by atoms with Gasteiger partial charge in [-0.1, -0.05) is 13.8 Å². The number of carbonyl (C=O) groups excluding carboxylic acids is 2. The third-order valence-electron chi connectivity index (χ3n) is 3.08. The van der Waals surface area contributed by atoms with Gasteiger partial charge in [0.25, 0.3) is 0 Å². The van der Waals surface area contributed by atoms with Crippen LogP contribution in [0.2, 0.25) is 0 Å². The molecule has 0 aliphatic carbocycles. The maximum Gasteiger partial charge on any atom is 0.316 e. The molecular weight excluding hydrogens is 210 g/mol. The first-order valence-electron chi connectivity index (χ1n) is 5.34. The molecule has 2 amide bonds. The Labute approximate surface area is 94.1 Å². The van der Waals surface area contributed by atoms with Gasteiger partial charge in [0.05, 0.1) is 13.2 Å². The summed E-state index contributed by atoms with van der Waals surface area (Å²) < 4.78 is 0. The molecule has 0 aromatic rings. The highest BCUT2D eigenvalue weighted by molar-refractivity contribution is 6.45. The Kier molecular flexibility index (Phi) is 4.00. The fourth-order valence-corrected chi connectivity index (χ4v) is 1.43. The van der Waals surface area contributed by atoms with Crippen LogP contribution in [0.25, 0.3) is 0 Å². The molecule has 0 aromatic heterocycles. The molecule has 6 heteroatoms. The van der Waals surface area contributed by atoms with Gasteiger partial charge in [-0.25, -0.2) is 0 Å². The molecule has 1 rings (SSSR count). The molecule has 3 N–H and O–H groups in total. The SMILES string of the molecule is CCC(CC)(CO)CN=C1NC(=O)C(=O)N1. The predicted octanol–water partition coefficient (Wildman–Crippen LogP) is -0.613. The topological polar surface area (TPSA) is 90.8 Å². The highest BCUT2D eigenvalue weighted by Crippen LogP contribution is 2.25. The average Bonchev–Trinajstić information content (AvgIpc) is 2.61. The van der Waals surface area contributed by atoms with Crippen molar-refractivity contribution in [2.75, 3.05) is 13.2 Å². The second-order valence-corrected chi connectivity index (χ2v) is 3.94. The summed E-state index contributed by atoms with van der Waals surface area (Å²) in [7, 11) is 0. The number of rotatable bonds is 5. The second-order valence-electron chi connectivity index (χ2n) is 3.94. The lowest BCUT2D eigenvalue weighted by Gasteiger charge is -2.27. The standard InChI is InChI=1S/C10H17N3O3/c1-3-10(4-2,6-14)5-11-9-12-7(15)8(16)13-9/h14H,3-6H2,1-2H3,(H2,11,12,13,15,16). The highest BCUT2D eigenvalue weighted by Gasteiger charge is 2.28. The summed E-state index contributed by atoms with van der Waals surface area (Å²) >= 11 is 0. The van der Waals surface area contributed by atoms with E-state index < -0.39 is 11.8 Å². The molecule has 1 fully saturated rings. The van der Waals surface area contributed by atoms with Crippen molar-refractivity contribution < 1.29 is 14.7 Å². The van der Waals surface area contributed by atoms with Crippen molar-refractivity contribution in [2.24, 2.45) is 10.4 Å². The van der Waals surface area contributed by atoms with Crippen molar-refractivity contribution in [3.8, 4) is 0 Å². The summed E-state index contributed by atoms with van der Waals surface area (Å²) in [4.78, 5) is 25.8. The summed E-state index contributed by atoms with van der Waals surface area (Å²) in [6.45, 7) is 4.38. The monoisotopic (exact) mass is 227 g/mol. The van der Waals surface area contributed by atoms with Crippen molar-refractivity contribution in [1.82, 2.24) is 10.6 Å². The number of aliphatic hydroxyl groups is 1. The largest absolute Gasteiger partial charge is 0.396 e. The van der Waals surface area contributed by atoms with E-state index in [4.69, 9.17) is 0 Å². The molecule has 0 atom stereocenters. The van der Waals surface area contributed by atoms with E-state index in [0.717, 1.165) is 12.8 Å². The second kappa shape index (κ2) is 5.07. The van der Waals surface area contributed by atoms with Crippen LogP contribution in [0.1, 0.15) is 26.7 Å². The Morgan fingerprint density at radius 1 is 1.19 bits per heavy atom. The molecule has 0 spiro atoms. The van der Waals surface area contributed by atoms with Crippen molar-refractivity contribution >= 4 is 17.8 Å². The molecule has 0 bridgehead atoms. The Morgan fingerprint density at radius 2 is 1.69 bits per heavy atom. The van der Waals surface area contributed by atoms with Crippen LogP contribution in [0, 0.1) is 5.41 Å². The molecule has 0 saturated carbocycles. The number of hydrogen-bond acceptors (Lipinski definition) is 4. The molecule has 0 unspecified atom stereocenters. The van der Waals surface area contributed by atoms with Gasteiger partial charge in [-0.05, 0) is 12.8 Å². The third kappa shape index (κ3) is 2.57. The number of guanidine groups is 1. The Morgan fingerprint density at radius 3 is 2.06 bits per heavy atom. The van der Waals surface area contributed by atoms with Crippen LogP contribution in [0.5, 0.6) is 0 Å². The first-order chi connectivity index (χ1) is 7.56. The molecule has 0 aromatic carbocycles. The third-order valence-corrected chi connectivity index (χ3v) is 3.08. The molecule has 0 radical (unpaired) electrons. The van der Waals surface area contributed by atoms with E-state index in [9.17, 15) is 14.7 Å². The maximum atomic E-state index is 10.9. The Balaban J connectivity index is 2.65. The van der Waals surface area contributed by atoms with Crippen LogP contribution >= 0.6 is 0 Å². The number of amides is 2. The van der Waals surface area contributed by atoms with Gasteiger partial charge >= 0.3 is 11.8 Å². The van der Waals surface area contributed by atoms with Crippen LogP contribution in [0.4, 0.5) is 0 Å². The van der Waals surface area contributed by atoms with Gasteiger partial charge in [0, 0.05) is 5.41 Å². The van der Waals surface area contributed by atoms with Gasteiger partial charge in [-0.3, -0.25) is 25.2 Å². The highest BCUT2D eigenvalue weighted by atomic mass is 16.3. The van der Waals surface area contributed by atoms with Crippen LogP contribution in [-0.2, 0) is 9.59 Å². The fraction of sp³-hybridized carbons (Fsp3) is 0.700. The fourth-order valence-electron chi connectivity index (χ4n) is 1.43. The van der Waals surface area contributed by atoms with Crippen LogP contribution in [-0.4, -0.2) is 36.0 Å². The Bertz CT molecular complexity index is 295. The van der Waals surface area contributed by atoms with Gasteiger partial charge in [-0.2, -0.15) is 0 Å². The van der Waals surface area contributed by atoms with E-state index in [1.54, 1.807) is 0 Å². The summed E-state index contributed by atoms with van der Waals surface area (Å²) in [6, 6.07) is 0. The smallest absolute Gasteiger partial charge is 0.316 e. The van der Waals surface area contributed by atoms with Crippen molar-refractivity contribution in [1.29, 1.82) is 0 Å². The lowest BCUT2D eigenvalue weighted by Crippen LogP contribution is -2.32. The maximum absolute atomic E-state index is 10.9. The van der Waals surface area contributed by atoms with E-state index in [2.05, 4.69) is 15.6 Å². The van der Waals surface area contributed by atoms with Gasteiger partial charge in [0.15, 0.2) is 0 Å². The van der Waals surface area contributed by atoms with E-state index in [-0.39, 0.29) is 18.0 Å². The number of nitrogens with zero attached hydrogens (tertiary/aromatic N) is 1. The number of carbonyl (C=O) groups is 2. The first kappa shape index (κ1) is 12.6. The lowest BCUT2D eigenvalue weighted by molar-refractivity contribution is -0.135. The summed E-state index contributed by atoms with van der Waals surface area (Å²) in [6.07, 6.45) is 1.58. The molecular formula is C10H17N3O3. The number of hydrogen-bond donors (Lipinski definition) is 3. The van der Waals surface area contributed by atoms with Crippen LogP contribution in [0.15, 0.2) is 4.99 Å². The minimum atomic E-state index is -0.693. The van der Waals surface area contributed by atoms with Crippen molar-refractivity contribution in [3.05, 3.63) is 0 Å². The van der Waals surface area contributed by atoms with E-state index in [1.807, 2.05) is 13.8 Å². The molecule has 1 heterocycles. The number of aliphatic hydroxyl groups excluding tert-OH is 1. The first-order valence-corrected chi connectivity index (χ1v) is 5.34. The average molecular weight is 227 g/mol. The normalized spacial score (nSPS) is 16.1. The minimum absolute atomic E-state index is 0.0404. The summed E-state index contributed by atoms with van der Waals surface area (Å²) in [5, 5.41) is 13.9. The zero-order valence-electron chi connectivity index (χ0n) is 9.54. The van der Waals surface area contributed by atoms with Crippen molar-refractivity contribution in [2.45, 2.75) is 26.7 Å². The van der Waals surface area contributed by atoms with E-state index >= 15 is 0 Å². The van der Waals surface area contributed by atoms with Crippen LogP contribution < -0.4 is 10.6 Å². The molecule has 1 aliphatic rings. The quantitative estimate of drug-likeness (QED) is 0.547. The van der Waals surface area contributed by atoms with E-state index in [0.29, 0.717) is 6.54 Å². The predicted molar refractivity (Wildman–Crippen MR) is 58.7 cm³/mol. The van der Waals surface area contributed by atoms with E-state index in [1.165, 1.54) is 0 Å². The van der Waals surface area contributed by atoms with Gasteiger partial charge in [0.2, 0.25) is 5.96 Å². The lowest BCUT2D eigenvalue weighted by atomic mass is 9.83. The molecule has 16 heavy (non-hydrogen) atoms. The van der Waals surface area contributed by atoms with Gasteiger partial charge in [0.1, 0.15) is 0 Å². The molecule has 90 valence electrons. The molecule has 6 nitrogen and oxygen atoms in total. The Hall–Kier alpha value is -1.43. The molecule has 1 aliphatic heterocycles. The zero-order chi connectivity index (χ0) is 12.2. The van der Waals surface area contributed by atoms with Gasteiger partial charge in [-0.15, -0.1) is 0 Å². The number of aliphatic imine (C=N–C) groups is 1. The van der Waals surface area contributed by atoms with Gasteiger partial charge < -0.3 is 5.11 Å². The minimum Gasteiger partial charge on any atom is -0.396 e. The molecule has 1 saturated heterocycles. The summed E-state index contributed by atoms with van der Waals surface area (Å²) in [5.41, 5.74) is -0.273. The number of nitrogens with one attached hydrogen (secondary N) is 2. The van der Waals surface area contributed by atoms with Crippen LogP contribution in [0.3, 0.4) is 0 Å². The summed E-state index contributed by atoms with van der Waals surface area (Å²) in [5.74, 6) is -1.21. The zero-order valence-corrected chi connectivity index (χ0v) is 9.54. The van der Waals surface area contributed by atoms with Crippen molar-refractivity contribution in [3.63, 3.8) is 0 Å².